The summed E-state index contributed by atoms with van der Waals surface area (Å²) in [4.78, 5) is 17.3. The molecule has 1 amide bonds. The zero-order chi connectivity index (χ0) is 23.2. The molecule has 5 rings (SSSR count). The first kappa shape index (κ1) is 21.6. The monoisotopic (exact) mass is 483 g/mol. The molecule has 0 aliphatic heterocycles. The summed E-state index contributed by atoms with van der Waals surface area (Å²) in [6.07, 6.45) is 1.77. The van der Waals surface area contributed by atoms with Crippen LogP contribution in [0.2, 0.25) is 0 Å². The van der Waals surface area contributed by atoms with Gasteiger partial charge >= 0.3 is 0 Å². The SMILES string of the molecule is COc1ccc2oc(-c3csc(NC(=O)c4ccc(S(=O)(=O)N(C)C5CC5)cc4)n3)cc2c1. The van der Waals surface area contributed by atoms with Crippen molar-refractivity contribution >= 4 is 43.4 Å². The fourth-order valence-electron chi connectivity index (χ4n) is 3.47. The van der Waals surface area contributed by atoms with Crippen molar-refractivity contribution in [1.29, 1.82) is 0 Å². The number of methoxy groups -OCH3 is 1. The van der Waals surface area contributed by atoms with Gasteiger partial charge in [0.05, 0.1) is 12.0 Å². The number of nitrogens with one attached hydrogen (secondary N) is 1. The maximum atomic E-state index is 12.6. The van der Waals surface area contributed by atoms with Crippen LogP contribution in [0, 0.1) is 0 Å². The van der Waals surface area contributed by atoms with Gasteiger partial charge in [0.15, 0.2) is 10.9 Å². The van der Waals surface area contributed by atoms with E-state index < -0.39 is 10.0 Å². The Morgan fingerprint density at radius 3 is 2.64 bits per heavy atom. The number of ether oxygens (including phenoxy) is 1. The number of sulfonamides is 1. The standard InChI is InChI=1S/C23H21N3O5S2/c1-26(16-5-6-16)33(28,29)18-8-3-14(4-9-18)22(27)25-23-24-19(13-32-23)21-12-15-11-17(30-2)7-10-20(15)31-21/h3-4,7-13,16H,5-6H2,1-2H3,(H,24,25,27). The van der Waals surface area contributed by atoms with E-state index in [1.807, 2.05) is 24.3 Å². The van der Waals surface area contributed by atoms with E-state index in [1.165, 1.54) is 39.9 Å². The number of benzene rings is 2. The van der Waals surface area contributed by atoms with Gasteiger partial charge in [-0.05, 0) is 61.4 Å². The van der Waals surface area contributed by atoms with E-state index in [0.717, 1.165) is 24.0 Å². The minimum absolute atomic E-state index is 0.0749. The van der Waals surface area contributed by atoms with E-state index >= 15 is 0 Å². The summed E-state index contributed by atoms with van der Waals surface area (Å²) >= 11 is 1.28. The molecule has 8 nitrogen and oxygen atoms in total. The van der Waals surface area contributed by atoms with Crippen molar-refractivity contribution in [2.24, 2.45) is 0 Å². The lowest BCUT2D eigenvalue weighted by molar-refractivity contribution is 0.102. The molecule has 2 heterocycles. The van der Waals surface area contributed by atoms with Gasteiger partial charge < -0.3 is 9.15 Å². The third-order valence-corrected chi connectivity index (χ3v) is 8.24. The predicted molar refractivity (Wildman–Crippen MR) is 126 cm³/mol. The molecule has 0 atom stereocenters. The normalized spacial score (nSPS) is 14.0. The van der Waals surface area contributed by atoms with Crippen molar-refractivity contribution in [3.63, 3.8) is 0 Å². The first-order valence-corrected chi connectivity index (χ1v) is 12.6. The number of carbonyl (C=O) groups excluding carboxylic acids is 1. The summed E-state index contributed by atoms with van der Waals surface area (Å²) in [5.74, 6) is 0.952. The Balaban J connectivity index is 1.30. The number of anilines is 1. The second kappa shape index (κ2) is 8.29. The van der Waals surface area contributed by atoms with Gasteiger partial charge in [-0.15, -0.1) is 11.3 Å². The molecule has 0 unspecified atom stereocenters. The Bertz CT molecular complexity index is 1440. The van der Waals surface area contributed by atoms with Crippen molar-refractivity contribution in [3.8, 4) is 17.2 Å². The van der Waals surface area contributed by atoms with Crippen molar-refractivity contribution in [1.82, 2.24) is 9.29 Å². The summed E-state index contributed by atoms with van der Waals surface area (Å²) < 4.78 is 37.7. The maximum Gasteiger partial charge on any atom is 0.257 e. The van der Waals surface area contributed by atoms with E-state index in [0.29, 0.717) is 27.7 Å². The quantitative estimate of drug-likeness (QED) is 0.412. The van der Waals surface area contributed by atoms with Gasteiger partial charge in [0.25, 0.3) is 5.91 Å². The number of hydrogen-bond donors (Lipinski definition) is 1. The molecule has 1 aliphatic carbocycles. The first-order chi connectivity index (χ1) is 15.8. The Morgan fingerprint density at radius 2 is 1.94 bits per heavy atom. The van der Waals surface area contributed by atoms with Crippen LogP contribution in [0.25, 0.3) is 22.4 Å². The Kier molecular flexibility index (Phi) is 5.43. The van der Waals surface area contributed by atoms with Gasteiger partial charge in [-0.1, -0.05) is 0 Å². The summed E-state index contributed by atoms with van der Waals surface area (Å²) in [7, 11) is -0.350. The van der Waals surface area contributed by atoms with Gasteiger partial charge in [0, 0.05) is 29.4 Å². The molecule has 0 radical (unpaired) electrons. The summed E-state index contributed by atoms with van der Waals surface area (Å²) in [5.41, 5.74) is 1.66. The molecule has 1 aliphatic rings. The topological polar surface area (TPSA) is 102 Å². The van der Waals surface area contributed by atoms with Crippen LogP contribution >= 0.6 is 11.3 Å². The van der Waals surface area contributed by atoms with E-state index in [2.05, 4.69) is 10.3 Å². The Hall–Kier alpha value is -3.21. The van der Waals surface area contributed by atoms with E-state index in [9.17, 15) is 13.2 Å². The Labute approximate surface area is 194 Å². The third-order valence-electron chi connectivity index (χ3n) is 5.56. The predicted octanol–water partition coefficient (Wildman–Crippen LogP) is 4.60. The van der Waals surface area contributed by atoms with Gasteiger partial charge in [0.1, 0.15) is 17.0 Å². The minimum Gasteiger partial charge on any atom is -0.497 e. The third kappa shape index (κ3) is 4.24. The minimum atomic E-state index is -3.55. The summed E-state index contributed by atoms with van der Waals surface area (Å²) in [5, 5.41) is 5.86. The molecule has 4 aromatic rings. The van der Waals surface area contributed by atoms with Crippen LogP contribution in [-0.2, 0) is 10.0 Å². The molecule has 0 spiro atoms. The highest BCUT2D eigenvalue weighted by molar-refractivity contribution is 7.89. The summed E-state index contributed by atoms with van der Waals surface area (Å²) in [6.45, 7) is 0. The average molecular weight is 484 g/mol. The van der Waals surface area contributed by atoms with E-state index in [1.54, 1.807) is 19.5 Å². The number of furan rings is 1. The van der Waals surface area contributed by atoms with Crippen molar-refractivity contribution < 1.29 is 22.4 Å². The highest BCUT2D eigenvalue weighted by Crippen LogP contribution is 2.32. The molecular formula is C23H21N3O5S2. The van der Waals surface area contributed by atoms with Crippen LogP contribution in [0.4, 0.5) is 5.13 Å². The molecule has 2 aromatic carbocycles. The fourth-order valence-corrected chi connectivity index (χ4v) is 5.58. The van der Waals surface area contributed by atoms with Crippen molar-refractivity contribution in [3.05, 3.63) is 59.5 Å². The largest absolute Gasteiger partial charge is 0.497 e. The number of amides is 1. The van der Waals surface area contributed by atoms with Crippen LogP contribution in [-0.4, -0.2) is 43.8 Å². The highest BCUT2D eigenvalue weighted by atomic mass is 32.2. The van der Waals surface area contributed by atoms with Gasteiger partial charge in [-0.25, -0.2) is 13.4 Å². The van der Waals surface area contributed by atoms with Crippen molar-refractivity contribution in [2.75, 3.05) is 19.5 Å². The molecule has 1 saturated carbocycles. The number of fused-ring (bicyclic) bond motifs is 1. The highest BCUT2D eigenvalue weighted by Gasteiger charge is 2.35. The molecule has 1 fully saturated rings. The van der Waals surface area contributed by atoms with Crippen LogP contribution < -0.4 is 10.1 Å². The maximum absolute atomic E-state index is 12.6. The van der Waals surface area contributed by atoms with Gasteiger partial charge in [-0.3, -0.25) is 10.1 Å². The molecule has 170 valence electrons. The molecule has 0 bridgehead atoms. The number of carbonyl (C=O) groups is 1. The average Bonchev–Trinajstić information content (AvgIpc) is 3.42. The lowest BCUT2D eigenvalue weighted by Crippen LogP contribution is -2.29. The fraction of sp³-hybridized carbons (Fsp3) is 0.217. The van der Waals surface area contributed by atoms with Crippen LogP contribution in [0.5, 0.6) is 5.75 Å². The van der Waals surface area contributed by atoms with Crippen molar-refractivity contribution in [2.45, 2.75) is 23.8 Å². The molecule has 10 heteroatoms. The molecule has 2 aromatic heterocycles. The van der Waals surface area contributed by atoms with Crippen LogP contribution in [0.1, 0.15) is 23.2 Å². The molecule has 33 heavy (non-hydrogen) atoms. The number of rotatable bonds is 7. The van der Waals surface area contributed by atoms with Gasteiger partial charge in [-0.2, -0.15) is 4.31 Å². The first-order valence-electron chi connectivity index (χ1n) is 10.3. The second-order valence-electron chi connectivity index (χ2n) is 7.78. The van der Waals surface area contributed by atoms with E-state index in [-0.39, 0.29) is 16.8 Å². The Morgan fingerprint density at radius 1 is 1.18 bits per heavy atom. The van der Waals surface area contributed by atoms with Crippen LogP contribution in [0.3, 0.4) is 0 Å². The zero-order valence-corrected chi connectivity index (χ0v) is 19.6. The lowest BCUT2D eigenvalue weighted by Gasteiger charge is -2.16. The number of aromatic nitrogens is 1. The zero-order valence-electron chi connectivity index (χ0n) is 17.9. The molecule has 1 N–H and O–H groups in total. The lowest BCUT2D eigenvalue weighted by atomic mass is 10.2. The molecular weight excluding hydrogens is 462 g/mol. The summed E-state index contributed by atoms with van der Waals surface area (Å²) in [6, 6.07) is 13.4. The van der Waals surface area contributed by atoms with E-state index in [4.69, 9.17) is 9.15 Å². The number of nitrogens with zero attached hydrogens (tertiary/aromatic N) is 2. The number of hydrogen-bond acceptors (Lipinski definition) is 7. The second-order valence-corrected chi connectivity index (χ2v) is 10.6. The smallest absolute Gasteiger partial charge is 0.257 e. The number of thiazole rings is 1. The van der Waals surface area contributed by atoms with Gasteiger partial charge in [0.2, 0.25) is 10.0 Å². The molecule has 0 saturated heterocycles. The van der Waals surface area contributed by atoms with Crippen LogP contribution in [0.15, 0.2) is 63.2 Å².